The average Bonchev–Trinajstić information content (AvgIpc) is 2.82. The van der Waals surface area contributed by atoms with E-state index in [9.17, 15) is 18.3 Å². The number of carbonyl (C=O) groups is 1. The minimum absolute atomic E-state index is 0.141. The van der Waals surface area contributed by atoms with Crippen LogP contribution in [0.15, 0.2) is 17.0 Å². The molecular weight excluding hydrogens is 282 g/mol. The van der Waals surface area contributed by atoms with Crippen LogP contribution in [0.1, 0.15) is 41.6 Å². The maximum Gasteiger partial charge on any atom is 0.339 e. The molecule has 3 N–H and O–H groups in total. The highest BCUT2D eigenvalue weighted by Gasteiger charge is 2.27. The molecule has 20 heavy (non-hydrogen) atoms. The Morgan fingerprint density at radius 1 is 1.35 bits per heavy atom. The molecule has 1 saturated carbocycles. The van der Waals surface area contributed by atoms with Crippen molar-refractivity contribution in [3.05, 3.63) is 23.3 Å². The minimum atomic E-state index is -4.04. The van der Waals surface area contributed by atoms with E-state index in [0.29, 0.717) is 5.56 Å². The Morgan fingerprint density at radius 3 is 2.45 bits per heavy atom. The zero-order chi connectivity index (χ0) is 14.9. The van der Waals surface area contributed by atoms with E-state index in [1.54, 1.807) is 6.92 Å². The fourth-order valence-corrected chi connectivity index (χ4v) is 3.17. The third-order valence-corrected chi connectivity index (χ3v) is 4.24. The van der Waals surface area contributed by atoms with Gasteiger partial charge in [0.1, 0.15) is 10.5 Å². The van der Waals surface area contributed by atoms with Crippen molar-refractivity contribution in [3.63, 3.8) is 0 Å². The molecule has 110 valence electrons. The van der Waals surface area contributed by atoms with Gasteiger partial charge in [0, 0.05) is 0 Å². The van der Waals surface area contributed by atoms with Crippen LogP contribution in [0.3, 0.4) is 0 Å². The topological polar surface area (TPSA) is 107 Å². The van der Waals surface area contributed by atoms with Crippen LogP contribution in [0.5, 0.6) is 5.75 Å². The zero-order valence-electron chi connectivity index (χ0n) is 11.1. The van der Waals surface area contributed by atoms with E-state index in [2.05, 4.69) is 0 Å². The monoisotopic (exact) mass is 299 g/mol. The molecule has 0 heterocycles. The average molecular weight is 299 g/mol. The van der Waals surface area contributed by atoms with Crippen molar-refractivity contribution in [2.75, 3.05) is 0 Å². The number of rotatable bonds is 4. The predicted molar refractivity (Wildman–Crippen MR) is 72.4 cm³/mol. The molecule has 1 aromatic carbocycles. The first kappa shape index (κ1) is 14.8. The fourth-order valence-electron chi connectivity index (χ4n) is 2.40. The van der Waals surface area contributed by atoms with Crippen molar-refractivity contribution in [1.82, 2.24) is 0 Å². The van der Waals surface area contributed by atoms with E-state index in [0.717, 1.165) is 25.7 Å². The van der Waals surface area contributed by atoms with Crippen LogP contribution >= 0.6 is 0 Å². The van der Waals surface area contributed by atoms with Crippen molar-refractivity contribution < 1.29 is 23.1 Å². The number of hydrogen-bond donors (Lipinski definition) is 2. The molecule has 0 unspecified atom stereocenters. The summed E-state index contributed by atoms with van der Waals surface area (Å²) in [5, 5.41) is 14.4. The van der Waals surface area contributed by atoms with E-state index in [1.807, 2.05) is 0 Å². The molecule has 0 saturated heterocycles. The Balaban J connectivity index is 2.56. The van der Waals surface area contributed by atoms with Gasteiger partial charge in [0.05, 0.1) is 6.10 Å². The number of hydrogen-bond acceptors (Lipinski definition) is 4. The molecule has 0 bridgehead atoms. The normalized spacial score (nSPS) is 16.3. The lowest BCUT2D eigenvalue weighted by Gasteiger charge is -2.18. The summed E-state index contributed by atoms with van der Waals surface area (Å²) in [4.78, 5) is 11.0. The largest absolute Gasteiger partial charge is 0.488 e. The van der Waals surface area contributed by atoms with Gasteiger partial charge in [0.25, 0.3) is 0 Å². The van der Waals surface area contributed by atoms with E-state index >= 15 is 0 Å². The van der Waals surface area contributed by atoms with Crippen LogP contribution < -0.4 is 9.88 Å². The van der Waals surface area contributed by atoms with Gasteiger partial charge in [-0.2, -0.15) is 0 Å². The molecule has 1 fully saturated rings. The predicted octanol–water partition coefficient (Wildman–Crippen LogP) is 1.66. The van der Waals surface area contributed by atoms with Gasteiger partial charge in [-0.1, -0.05) is 0 Å². The molecule has 0 atom stereocenters. The van der Waals surface area contributed by atoms with Crippen molar-refractivity contribution >= 4 is 16.0 Å². The highest BCUT2D eigenvalue weighted by molar-refractivity contribution is 7.89. The summed E-state index contributed by atoms with van der Waals surface area (Å²) < 4.78 is 29.0. The molecule has 1 aliphatic carbocycles. The number of benzene rings is 1. The summed E-state index contributed by atoms with van der Waals surface area (Å²) in [6.45, 7) is 1.61. The second-order valence-electron chi connectivity index (χ2n) is 5.01. The fraction of sp³-hybridized carbons (Fsp3) is 0.462. The van der Waals surface area contributed by atoms with Gasteiger partial charge >= 0.3 is 5.97 Å². The van der Waals surface area contributed by atoms with Crippen molar-refractivity contribution in [1.29, 1.82) is 0 Å². The quantitative estimate of drug-likeness (QED) is 0.879. The maximum atomic E-state index is 11.7. The molecule has 0 aliphatic heterocycles. The van der Waals surface area contributed by atoms with Crippen molar-refractivity contribution in [3.8, 4) is 5.75 Å². The smallest absolute Gasteiger partial charge is 0.339 e. The second kappa shape index (κ2) is 5.41. The van der Waals surface area contributed by atoms with Crippen LogP contribution in [0.4, 0.5) is 0 Å². The summed E-state index contributed by atoms with van der Waals surface area (Å²) in [6.07, 6.45) is 3.40. The number of sulfonamides is 1. The molecule has 1 aromatic rings. The van der Waals surface area contributed by atoms with Gasteiger partial charge in [-0.25, -0.2) is 18.4 Å². The first-order valence-corrected chi connectivity index (χ1v) is 7.91. The Bertz CT molecular complexity index is 632. The zero-order valence-corrected chi connectivity index (χ0v) is 11.9. The van der Waals surface area contributed by atoms with Gasteiger partial charge < -0.3 is 9.84 Å². The van der Waals surface area contributed by atoms with Gasteiger partial charge in [0.2, 0.25) is 10.0 Å². The highest BCUT2D eigenvalue weighted by atomic mass is 32.2. The molecule has 0 radical (unpaired) electrons. The molecule has 0 spiro atoms. The third kappa shape index (κ3) is 3.10. The second-order valence-corrected chi connectivity index (χ2v) is 6.54. The first-order valence-electron chi connectivity index (χ1n) is 6.36. The lowest BCUT2D eigenvalue weighted by atomic mass is 10.1. The van der Waals surface area contributed by atoms with Crippen LogP contribution in [0, 0.1) is 6.92 Å². The molecule has 6 nitrogen and oxygen atoms in total. The number of carboxylic acids is 1. The number of nitrogens with two attached hydrogens (primary N) is 1. The highest BCUT2D eigenvalue weighted by Crippen LogP contribution is 2.33. The van der Waals surface area contributed by atoms with Crippen molar-refractivity contribution in [2.24, 2.45) is 5.14 Å². The molecule has 2 rings (SSSR count). The minimum Gasteiger partial charge on any atom is -0.488 e. The number of ether oxygens (including phenoxy) is 1. The standard InChI is InChI=1S/C13H17NO5S/c1-8-6-10(13(15)16)12(11(7-8)20(14,17)18)19-9-4-2-3-5-9/h6-7,9H,2-5H2,1H3,(H,15,16)(H2,14,17,18). The van der Waals surface area contributed by atoms with Crippen LogP contribution in [0.25, 0.3) is 0 Å². The summed E-state index contributed by atoms with van der Waals surface area (Å²) in [6, 6.07) is 2.73. The van der Waals surface area contributed by atoms with Gasteiger partial charge in [-0.05, 0) is 50.3 Å². The van der Waals surface area contributed by atoms with Crippen LogP contribution in [-0.2, 0) is 10.0 Å². The van der Waals surface area contributed by atoms with E-state index in [4.69, 9.17) is 9.88 Å². The third-order valence-electron chi connectivity index (χ3n) is 3.32. The SMILES string of the molecule is Cc1cc(C(=O)O)c(OC2CCCC2)c(S(N)(=O)=O)c1. The van der Waals surface area contributed by atoms with E-state index in [-0.39, 0.29) is 22.3 Å². The Morgan fingerprint density at radius 2 is 1.95 bits per heavy atom. The lowest BCUT2D eigenvalue weighted by Crippen LogP contribution is -2.20. The molecule has 0 aromatic heterocycles. The molecule has 1 aliphatic rings. The number of aryl methyl sites for hydroxylation is 1. The summed E-state index contributed by atoms with van der Waals surface area (Å²) in [5.74, 6) is -1.37. The Hall–Kier alpha value is -1.60. The molecule has 7 heteroatoms. The Kier molecular flexibility index (Phi) is 4.01. The van der Waals surface area contributed by atoms with Crippen LogP contribution in [0.2, 0.25) is 0 Å². The van der Waals surface area contributed by atoms with Crippen LogP contribution in [-0.4, -0.2) is 25.6 Å². The summed E-state index contributed by atoms with van der Waals surface area (Å²) >= 11 is 0. The lowest BCUT2D eigenvalue weighted by molar-refractivity contribution is 0.0688. The number of aromatic carboxylic acids is 1. The van der Waals surface area contributed by atoms with Gasteiger partial charge in [-0.15, -0.1) is 0 Å². The van der Waals surface area contributed by atoms with Gasteiger partial charge in [0.15, 0.2) is 5.75 Å². The van der Waals surface area contributed by atoms with E-state index < -0.39 is 16.0 Å². The van der Waals surface area contributed by atoms with Gasteiger partial charge in [-0.3, -0.25) is 0 Å². The molecular formula is C13H17NO5S. The summed E-state index contributed by atoms with van der Waals surface area (Å²) in [5.41, 5.74) is 0.339. The Labute approximate surface area is 117 Å². The van der Waals surface area contributed by atoms with Crippen molar-refractivity contribution in [2.45, 2.75) is 43.6 Å². The van der Waals surface area contributed by atoms with E-state index in [1.165, 1.54) is 12.1 Å². The summed E-state index contributed by atoms with van der Waals surface area (Å²) in [7, 11) is -4.04. The first-order chi connectivity index (χ1) is 9.29. The maximum absolute atomic E-state index is 11.7. The molecule has 0 amide bonds. The number of carboxylic acid groups (broad SMARTS) is 1. The number of primary sulfonamides is 1.